The molecule has 1 aliphatic rings. The summed E-state index contributed by atoms with van der Waals surface area (Å²) in [6.07, 6.45) is 8.49. The summed E-state index contributed by atoms with van der Waals surface area (Å²) in [4.78, 5) is 6.96. The summed E-state index contributed by atoms with van der Waals surface area (Å²) in [5.74, 6) is 2.40. The van der Waals surface area contributed by atoms with Gasteiger partial charge in [0, 0.05) is 24.8 Å². The van der Waals surface area contributed by atoms with Crippen LogP contribution in [0.3, 0.4) is 0 Å². The molecule has 1 saturated heterocycles. The Morgan fingerprint density at radius 2 is 2.00 bits per heavy atom. The molecule has 2 aromatic heterocycles. The lowest BCUT2D eigenvalue weighted by molar-refractivity contribution is 0.574. The molecular weight excluding hydrogens is 322 g/mol. The second kappa shape index (κ2) is 7.92. The molecule has 0 radical (unpaired) electrons. The Morgan fingerprint density at radius 1 is 1.21 bits per heavy atom. The van der Waals surface area contributed by atoms with E-state index in [2.05, 4.69) is 38.7 Å². The van der Waals surface area contributed by atoms with Crippen molar-refractivity contribution in [2.75, 3.05) is 18.0 Å². The van der Waals surface area contributed by atoms with Crippen LogP contribution in [-0.2, 0) is 0 Å². The Bertz CT molecular complexity index is 702. The summed E-state index contributed by atoms with van der Waals surface area (Å²) in [5, 5.41) is 3.99. The topological polar surface area (TPSA) is 79.7 Å². The number of hydrazone groups is 1. The molecule has 0 bridgehead atoms. The van der Waals surface area contributed by atoms with Crippen molar-refractivity contribution in [3.8, 4) is 11.3 Å². The van der Waals surface area contributed by atoms with Gasteiger partial charge in [0.2, 0.25) is 0 Å². The third-order valence-electron chi connectivity index (χ3n) is 3.96. The minimum absolute atomic E-state index is 0.117. The zero-order valence-corrected chi connectivity index (χ0v) is 14.3. The number of rotatable bonds is 4. The lowest BCUT2D eigenvalue weighted by Gasteiger charge is -2.21. The van der Waals surface area contributed by atoms with Gasteiger partial charge in [-0.25, -0.2) is 4.98 Å². The molecule has 6 nitrogen and oxygen atoms in total. The number of anilines is 1. The van der Waals surface area contributed by atoms with Gasteiger partial charge in [0.25, 0.3) is 0 Å². The zero-order chi connectivity index (χ0) is 16.8. The average molecular weight is 343 g/mol. The number of furan rings is 1. The van der Waals surface area contributed by atoms with Crippen molar-refractivity contribution in [2.45, 2.75) is 25.7 Å². The van der Waals surface area contributed by atoms with Crippen molar-refractivity contribution < 1.29 is 4.42 Å². The first-order valence-electron chi connectivity index (χ1n) is 8.12. The molecule has 7 heteroatoms. The molecule has 1 fully saturated rings. The molecular formula is C17H21N5OS. The van der Waals surface area contributed by atoms with Crippen LogP contribution in [0.2, 0.25) is 0 Å². The van der Waals surface area contributed by atoms with E-state index < -0.39 is 0 Å². The number of hydrogen-bond donors (Lipinski definition) is 2. The lowest BCUT2D eigenvalue weighted by Crippen LogP contribution is -2.24. The van der Waals surface area contributed by atoms with Crippen LogP contribution < -0.4 is 16.1 Å². The van der Waals surface area contributed by atoms with Gasteiger partial charge in [-0.3, -0.25) is 5.43 Å². The van der Waals surface area contributed by atoms with Crippen molar-refractivity contribution in [3.63, 3.8) is 0 Å². The molecule has 24 heavy (non-hydrogen) atoms. The number of thiocarbonyl (C=S) groups is 1. The fraction of sp³-hybridized carbons (Fsp3) is 0.353. The molecule has 0 aliphatic carbocycles. The first-order valence-corrected chi connectivity index (χ1v) is 8.53. The molecule has 0 atom stereocenters. The fourth-order valence-corrected chi connectivity index (χ4v) is 2.81. The SMILES string of the molecule is NC(=S)N/N=C/c1ccc(-c2ccc(N3CCCCCC3)nc2)o1. The van der Waals surface area contributed by atoms with Crippen LogP contribution >= 0.6 is 12.2 Å². The highest BCUT2D eigenvalue weighted by molar-refractivity contribution is 7.80. The molecule has 3 N–H and O–H groups in total. The van der Waals surface area contributed by atoms with Gasteiger partial charge < -0.3 is 15.1 Å². The minimum Gasteiger partial charge on any atom is -0.455 e. The third-order valence-corrected chi connectivity index (χ3v) is 4.05. The highest BCUT2D eigenvalue weighted by Gasteiger charge is 2.11. The predicted molar refractivity (Wildman–Crippen MR) is 100 cm³/mol. The molecule has 3 rings (SSSR count). The maximum atomic E-state index is 5.73. The molecule has 0 amide bonds. The highest BCUT2D eigenvalue weighted by Crippen LogP contribution is 2.24. The first-order chi connectivity index (χ1) is 11.7. The van der Waals surface area contributed by atoms with Crippen LogP contribution in [0.15, 0.2) is 40.0 Å². The summed E-state index contributed by atoms with van der Waals surface area (Å²) in [6, 6.07) is 7.83. The number of pyridine rings is 1. The highest BCUT2D eigenvalue weighted by atomic mass is 32.1. The summed E-state index contributed by atoms with van der Waals surface area (Å²) < 4.78 is 5.73. The second-order valence-corrected chi connectivity index (χ2v) is 6.18. The van der Waals surface area contributed by atoms with E-state index in [0.717, 1.165) is 30.2 Å². The van der Waals surface area contributed by atoms with E-state index in [1.807, 2.05) is 24.4 Å². The molecule has 126 valence electrons. The van der Waals surface area contributed by atoms with Crippen LogP contribution in [0.1, 0.15) is 31.4 Å². The van der Waals surface area contributed by atoms with Crippen LogP contribution in [0, 0.1) is 0 Å². The zero-order valence-electron chi connectivity index (χ0n) is 13.4. The summed E-state index contributed by atoms with van der Waals surface area (Å²) in [6.45, 7) is 2.17. The molecule has 0 saturated carbocycles. The van der Waals surface area contributed by atoms with Gasteiger partial charge in [-0.1, -0.05) is 12.8 Å². The maximum Gasteiger partial charge on any atom is 0.184 e. The van der Waals surface area contributed by atoms with Crippen molar-refractivity contribution in [1.29, 1.82) is 0 Å². The number of nitrogens with two attached hydrogens (primary N) is 1. The van der Waals surface area contributed by atoms with Crippen LogP contribution in [0.5, 0.6) is 0 Å². The number of nitrogens with one attached hydrogen (secondary N) is 1. The normalized spacial score (nSPS) is 15.4. The fourth-order valence-electron chi connectivity index (χ4n) is 2.76. The van der Waals surface area contributed by atoms with E-state index in [1.165, 1.54) is 31.9 Å². The molecule has 2 aromatic rings. The quantitative estimate of drug-likeness (QED) is 0.505. The Kier molecular flexibility index (Phi) is 5.43. The lowest BCUT2D eigenvalue weighted by atomic mass is 10.2. The van der Waals surface area contributed by atoms with Gasteiger partial charge in [0.1, 0.15) is 17.3 Å². The molecule has 0 spiro atoms. The van der Waals surface area contributed by atoms with E-state index in [9.17, 15) is 0 Å². The smallest absolute Gasteiger partial charge is 0.184 e. The van der Waals surface area contributed by atoms with Gasteiger partial charge in [0.05, 0.1) is 6.21 Å². The van der Waals surface area contributed by atoms with Gasteiger partial charge in [-0.05, 0) is 49.3 Å². The number of nitrogens with zero attached hydrogens (tertiary/aromatic N) is 3. The largest absolute Gasteiger partial charge is 0.455 e. The van der Waals surface area contributed by atoms with Gasteiger partial charge >= 0.3 is 0 Å². The van der Waals surface area contributed by atoms with E-state index >= 15 is 0 Å². The number of aromatic nitrogens is 1. The van der Waals surface area contributed by atoms with Gasteiger partial charge in [0.15, 0.2) is 5.11 Å². The Labute approximate surface area is 146 Å². The Hall–Kier alpha value is -2.41. The second-order valence-electron chi connectivity index (χ2n) is 5.74. The monoisotopic (exact) mass is 343 g/mol. The van der Waals surface area contributed by atoms with E-state index in [-0.39, 0.29) is 5.11 Å². The summed E-state index contributed by atoms with van der Waals surface area (Å²) in [5.41, 5.74) is 8.74. The van der Waals surface area contributed by atoms with Crippen LogP contribution in [0.4, 0.5) is 5.82 Å². The van der Waals surface area contributed by atoms with E-state index in [4.69, 9.17) is 10.2 Å². The Morgan fingerprint density at radius 3 is 2.67 bits per heavy atom. The summed E-state index contributed by atoms with van der Waals surface area (Å²) >= 11 is 4.68. The average Bonchev–Trinajstić information content (AvgIpc) is 2.88. The molecule has 3 heterocycles. The minimum atomic E-state index is 0.117. The third kappa shape index (κ3) is 4.32. The number of hydrogen-bond acceptors (Lipinski definition) is 5. The standard InChI is InChI=1S/C17H21N5OS/c18-17(24)21-20-12-14-6-7-15(23-14)13-5-8-16(19-11-13)22-9-3-1-2-4-10-22/h5-8,11-12H,1-4,9-10H2,(H3,18,21,24)/b20-12+. The van der Waals surface area contributed by atoms with Crippen molar-refractivity contribution >= 4 is 29.4 Å². The van der Waals surface area contributed by atoms with E-state index in [0.29, 0.717) is 5.76 Å². The van der Waals surface area contributed by atoms with Crippen LogP contribution in [0.25, 0.3) is 11.3 Å². The van der Waals surface area contributed by atoms with Crippen molar-refractivity contribution in [2.24, 2.45) is 10.8 Å². The van der Waals surface area contributed by atoms with E-state index in [1.54, 1.807) is 0 Å². The molecule has 0 unspecified atom stereocenters. The van der Waals surface area contributed by atoms with Crippen molar-refractivity contribution in [3.05, 3.63) is 36.2 Å². The van der Waals surface area contributed by atoms with Gasteiger partial charge in [-0.2, -0.15) is 5.10 Å². The Balaban J connectivity index is 1.68. The first kappa shape index (κ1) is 16.4. The summed E-state index contributed by atoms with van der Waals surface area (Å²) in [7, 11) is 0. The maximum absolute atomic E-state index is 5.73. The van der Waals surface area contributed by atoms with Crippen molar-refractivity contribution in [1.82, 2.24) is 10.4 Å². The molecule has 0 aromatic carbocycles. The van der Waals surface area contributed by atoms with Gasteiger partial charge in [-0.15, -0.1) is 0 Å². The molecule has 1 aliphatic heterocycles. The van der Waals surface area contributed by atoms with Crippen LogP contribution in [-0.4, -0.2) is 29.4 Å². The predicted octanol–water partition coefficient (Wildman–Crippen LogP) is 2.89.